The van der Waals surface area contributed by atoms with E-state index in [9.17, 15) is 4.79 Å². The topological polar surface area (TPSA) is 53.3 Å². The second-order valence-corrected chi connectivity index (χ2v) is 4.06. The number of nitrogens with zero attached hydrogens (tertiary/aromatic N) is 2. The number of rotatable bonds is 4. The number of carbonyl (C=O) groups excluding carboxylic acids is 1. The van der Waals surface area contributed by atoms with Gasteiger partial charge in [-0.25, -0.2) is 0 Å². The molecule has 0 atom stereocenters. The minimum absolute atomic E-state index is 0.110. The van der Waals surface area contributed by atoms with Crippen LogP contribution in [0.3, 0.4) is 0 Å². The zero-order valence-electron chi connectivity index (χ0n) is 10.3. The number of hydrogen-bond acceptors (Lipinski definition) is 4. The first-order valence-electron chi connectivity index (χ1n) is 5.43. The first-order valence-corrected chi connectivity index (χ1v) is 5.43. The molecule has 0 aromatic heterocycles. The van der Waals surface area contributed by atoms with Gasteiger partial charge in [0.05, 0.1) is 17.7 Å². The molecule has 17 heavy (non-hydrogen) atoms. The Labute approximate surface area is 101 Å². The van der Waals surface area contributed by atoms with Crippen molar-refractivity contribution < 1.29 is 9.53 Å². The molecular formula is C13H16N2O2. The predicted octanol–water partition coefficient (Wildman–Crippen LogP) is 1.95. The van der Waals surface area contributed by atoms with E-state index >= 15 is 0 Å². The van der Waals surface area contributed by atoms with Crippen molar-refractivity contribution in [3.05, 3.63) is 29.8 Å². The molecule has 0 bridgehead atoms. The van der Waals surface area contributed by atoms with Crippen LogP contribution in [0.15, 0.2) is 24.3 Å². The van der Waals surface area contributed by atoms with Crippen LogP contribution in [-0.2, 0) is 9.53 Å². The summed E-state index contributed by atoms with van der Waals surface area (Å²) in [5.41, 5.74) is 1.40. The van der Waals surface area contributed by atoms with Gasteiger partial charge < -0.3 is 9.64 Å². The average Bonchev–Trinajstić information content (AvgIpc) is 2.27. The summed E-state index contributed by atoms with van der Waals surface area (Å²) in [5.74, 6) is -0.273. The lowest BCUT2D eigenvalue weighted by molar-refractivity contribution is -0.145. The van der Waals surface area contributed by atoms with E-state index < -0.39 is 0 Å². The lowest BCUT2D eigenvalue weighted by atomic mass is 10.2. The summed E-state index contributed by atoms with van der Waals surface area (Å²) in [5, 5.41) is 8.78. The highest BCUT2D eigenvalue weighted by atomic mass is 16.5. The van der Waals surface area contributed by atoms with Crippen LogP contribution in [0.4, 0.5) is 5.69 Å². The van der Waals surface area contributed by atoms with Crippen molar-refractivity contribution >= 4 is 11.7 Å². The maximum Gasteiger partial charge on any atom is 0.325 e. The van der Waals surface area contributed by atoms with Crippen LogP contribution in [0.5, 0.6) is 0 Å². The molecule has 0 aliphatic carbocycles. The van der Waals surface area contributed by atoms with Crippen LogP contribution in [0.1, 0.15) is 19.4 Å². The quantitative estimate of drug-likeness (QED) is 0.744. The minimum atomic E-state index is -0.273. The number of ether oxygens (including phenoxy) is 1. The van der Waals surface area contributed by atoms with Crippen molar-refractivity contribution in [2.24, 2.45) is 0 Å². The Morgan fingerprint density at radius 1 is 1.53 bits per heavy atom. The molecule has 0 heterocycles. The highest BCUT2D eigenvalue weighted by molar-refractivity contribution is 5.76. The Kier molecular flexibility index (Phi) is 4.53. The summed E-state index contributed by atoms with van der Waals surface area (Å²) in [6.45, 7) is 3.80. The van der Waals surface area contributed by atoms with Gasteiger partial charge in [-0.15, -0.1) is 0 Å². The van der Waals surface area contributed by atoms with Crippen LogP contribution >= 0.6 is 0 Å². The van der Waals surface area contributed by atoms with Gasteiger partial charge in [-0.3, -0.25) is 4.79 Å². The molecular weight excluding hydrogens is 216 g/mol. The van der Waals surface area contributed by atoms with E-state index in [2.05, 4.69) is 6.07 Å². The van der Waals surface area contributed by atoms with E-state index in [0.717, 1.165) is 5.69 Å². The van der Waals surface area contributed by atoms with Crippen molar-refractivity contribution in [1.29, 1.82) is 5.26 Å². The molecule has 4 heteroatoms. The Morgan fingerprint density at radius 2 is 2.24 bits per heavy atom. The highest BCUT2D eigenvalue weighted by Crippen LogP contribution is 2.14. The zero-order chi connectivity index (χ0) is 12.8. The molecule has 90 valence electrons. The molecule has 0 N–H and O–H groups in total. The largest absolute Gasteiger partial charge is 0.462 e. The molecule has 0 fully saturated rings. The Balaban J connectivity index is 2.66. The number of hydrogen-bond donors (Lipinski definition) is 0. The monoisotopic (exact) mass is 232 g/mol. The molecule has 0 radical (unpaired) electrons. The van der Waals surface area contributed by atoms with Crippen molar-refractivity contribution in [1.82, 2.24) is 0 Å². The number of nitriles is 1. The molecule has 1 aromatic carbocycles. The summed E-state index contributed by atoms with van der Waals surface area (Å²) >= 11 is 0. The molecule has 0 saturated heterocycles. The van der Waals surface area contributed by atoms with Gasteiger partial charge >= 0.3 is 5.97 Å². The van der Waals surface area contributed by atoms with Crippen LogP contribution in [0.25, 0.3) is 0 Å². The number of carbonyl (C=O) groups is 1. The smallest absolute Gasteiger partial charge is 0.325 e. The summed E-state index contributed by atoms with van der Waals surface area (Å²) in [6, 6.07) is 9.17. The van der Waals surface area contributed by atoms with E-state index in [4.69, 9.17) is 10.00 Å². The number of esters is 1. The van der Waals surface area contributed by atoms with E-state index in [-0.39, 0.29) is 18.6 Å². The van der Waals surface area contributed by atoms with Gasteiger partial charge in [0, 0.05) is 12.7 Å². The number of likely N-dealkylation sites (N-methyl/N-ethyl adjacent to an activating group) is 1. The maximum atomic E-state index is 11.5. The third kappa shape index (κ3) is 4.15. The second-order valence-electron chi connectivity index (χ2n) is 4.06. The first-order chi connectivity index (χ1) is 8.02. The SMILES string of the molecule is CC(C)OC(=O)CN(C)c1cccc(C#N)c1. The van der Waals surface area contributed by atoms with Gasteiger partial charge in [0.15, 0.2) is 0 Å². The molecule has 0 saturated carbocycles. The van der Waals surface area contributed by atoms with Gasteiger partial charge in [-0.05, 0) is 32.0 Å². The molecule has 0 aliphatic heterocycles. The highest BCUT2D eigenvalue weighted by Gasteiger charge is 2.10. The lowest BCUT2D eigenvalue weighted by Crippen LogP contribution is -2.28. The molecule has 1 rings (SSSR count). The standard InChI is InChI=1S/C13H16N2O2/c1-10(2)17-13(16)9-15(3)12-6-4-5-11(7-12)8-14/h4-7,10H,9H2,1-3H3. The van der Waals surface area contributed by atoms with E-state index in [1.165, 1.54) is 0 Å². The lowest BCUT2D eigenvalue weighted by Gasteiger charge is -2.19. The van der Waals surface area contributed by atoms with E-state index in [0.29, 0.717) is 5.56 Å². The first kappa shape index (κ1) is 13.0. The number of benzene rings is 1. The van der Waals surface area contributed by atoms with Crippen LogP contribution < -0.4 is 4.90 Å². The average molecular weight is 232 g/mol. The third-order valence-corrected chi connectivity index (χ3v) is 2.15. The zero-order valence-corrected chi connectivity index (χ0v) is 10.3. The van der Waals surface area contributed by atoms with E-state index in [1.807, 2.05) is 19.9 Å². The molecule has 4 nitrogen and oxygen atoms in total. The molecule has 1 aromatic rings. The molecule has 0 aliphatic rings. The fourth-order valence-electron chi connectivity index (χ4n) is 1.40. The second kappa shape index (κ2) is 5.90. The van der Waals surface area contributed by atoms with Gasteiger partial charge in [0.25, 0.3) is 0 Å². The number of anilines is 1. The fourth-order valence-corrected chi connectivity index (χ4v) is 1.40. The predicted molar refractivity (Wildman–Crippen MR) is 65.7 cm³/mol. The molecule has 0 amide bonds. The summed E-state index contributed by atoms with van der Waals surface area (Å²) < 4.78 is 5.05. The Bertz CT molecular complexity index is 435. The van der Waals surface area contributed by atoms with Crippen LogP contribution in [-0.4, -0.2) is 25.7 Å². The summed E-state index contributed by atoms with van der Waals surface area (Å²) in [7, 11) is 1.79. The van der Waals surface area contributed by atoms with Crippen LogP contribution in [0.2, 0.25) is 0 Å². The van der Waals surface area contributed by atoms with Crippen molar-refractivity contribution in [2.45, 2.75) is 20.0 Å². The summed E-state index contributed by atoms with van der Waals surface area (Å²) in [4.78, 5) is 13.2. The van der Waals surface area contributed by atoms with Gasteiger partial charge in [0.2, 0.25) is 0 Å². The van der Waals surface area contributed by atoms with Gasteiger partial charge in [-0.1, -0.05) is 6.07 Å². The maximum absolute atomic E-state index is 11.5. The third-order valence-electron chi connectivity index (χ3n) is 2.15. The Morgan fingerprint density at radius 3 is 2.82 bits per heavy atom. The Hall–Kier alpha value is -2.02. The normalized spacial score (nSPS) is 9.82. The molecule has 0 spiro atoms. The summed E-state index contributed by atoms with van der Waals surface area (Å²) in [6.07, 6.45) is -0.110. The van der Waals surface area contributed by atoms with Crippen molar-refractivity contribution in [3.63, 3.8) is 0 Å². The molecule has 0 unspecified atom stereocenters. The van der Waals surface area contributed by atoms with E-state index in [1.54, 1.807) is 30.1 Å². The fraction of sp³-hybridized carbons (Fsp3) is 0.385. The van der Waals surface area contributed by atoms with Gasteiger partial charge in [0.1, 0.15) is 6.54 Å². The minimum Gasteiger partial charge on any atom is -0.462 e. The van der Waals surface area contributed by atoms with Crippen molar-refractivity contribution in [3.8, 4) is 6.07 Å². The van der Waals surface area contributed by atoms with Gasteiger partial charge in [-0.2, -0.15) is 5.26 Å². The van der Waals surface area contributed by atoms with Crippen molar-refractivity contribution in [2.75, 3.05) is 18.5 Å². The van der Waals surface area contributed by atoms with Crippen LogP contribution in [0, 0.1) is 11.3 Å².